The Hall–Kier alpha value is -2.27. The minimum Gasteiger partial charge on any atom is -0.493 e. The van der Waals surface area contributed by atoms with Gasteiger partial charge in [-0.05, 0) is 30.3 Å². The third kappa shape index (κ3) is 1.87. The number of pyridine rings is 1. The summed E-state index contributed by atoms with van der Waals surface area (Å²) in [6, 6.07) is 7.81. The van der Waals surface area contributed by atoms with Crippen LogP contribution in [0.5, 0.6) is 5.75 Å². The van der Waals surface area contributed by atoms with Crippen molar-refractivity contribution in [3.8, 4) is 17.0 Å². The second-order valence-corrected chi connectivity index (χ2v) is 4.68. The quantitative estimate of drug-likeness (QED) is 0.787. The summed E-state index contributed by atoms with van der Waals surface area (Å²) in [7, 11) is 1.54. The number of anilines is 1. The molecule has 0 saturated heterocycles. The first kappa shape index (κ1) is 12.7. The van der Waals surface area contributed by atoms with Crippen molar-refractivity contribution in [3.63, 3.8) is 0 Å². The zero-order chi connectivity index (χ0) is 14.3. The molecule has 3 rings (SSSR count). The molecular formula is C14H11ClFN3O. The van der Waals surface area contributed by atoms with E-state index in [1.165, 1.54) is 18.2 Å². The van der Waals surface area contributed by atoms with Gasteiger partial charge >= 0.3 is 0 Å². The van der Waals surface area contributed by atoms with Gasteiger partial charge in [-0.3, -0.25) is 4.40 Å². The van der Waals surface area contributed by atoms with Gasteiger partial charge in [-0.15, -0.1) is 0 Å². The molecule has 20 heavy (non-hydrogen) atoms. The fraction of sp³-hybridized carbons (Fsp3) is 0.0714. The molecule has 102 valence electrons. The molecule has 2 aromatic heterocycles. The predicted molar refractivity (Wildman–Crippen MR) is 76.6 cm³/mol. The van der Waals surface area contributed by atoms with Crippen LogP contribution < -0.4 is 10.5 Å². The first-order valence-corrected chi connectivity index (χ1v) is 6.25. The number of ether oxygens (including phenoxy) is 1. The van der Waals surface area contributed by atoms with Crippen LogP contribution in [0.25, 0.3) is 16.9 Å². The van der Waals surface area contributed by atoms with E-state index < -0.39 is 5.82 Å². The lowest BCUT2D eigenvalue weighted by Gasteiger charge is -2.02. The number of aromatic nitrogens is 2. The molecular weight excluding hydrogens is 281 g/mol. The van der Waals surface area contributed by atoms with Gasteiger partial charge in [-0.25, -0.2) is 9.37 Å². The number of nitrogens with zero attached hydrogens (tertiary/aromatic N) is 2. The van der Waals surface area contributed by atoms with Gasteiger partial charge in [-0.2, -0.15) is 0 Å². The standard InChI is InChI=1S/C14H11ClFN3O/c1-20-11-3-2-6-19-13(17)12(18-14(11)19)9-7-8(15)4-5-10(9)16/h2-7H,17H2,1H3. The summed E-state index contributed by atoms with van der Waals surface area (Å²) >= 11 is 5.91. The molecule has 1 aromatic carbocycles. The average molecular weight is 292 g/mol. The van der Waals surface area contributed by atoms with E-state index in [9.17, 15) is 4.39 Å². The maximum absolute atomic E-state index is 14.0. The SMILES string of the molecule is COc1cccn2c(N)c(-c3cc(Cl)ccc3F)nc12. The van der Waals surface area contributed by atoms with Crippen molar-refractivity contribution in [2.45, 2.75) is 0 Å². The molecule has 0 aliphatic heterocycles. The van der Waals surface area contributed by atoms with E-state index in [2.05, 4.69) is 4.98 Å². The maximum atomic E-state index is 14.0. The van der Waals surface area contributed by atoms with Crippen LogP contribution >= 0.6 is 11.6 Å². The Morgan fingerprint density at radius 2 is 2.15 bits per heavy atom. The number of methoxy groups -OCH3 is 1. The van der Waals surface area contributed by atoms with Gasteiger partial charge < -0.3 is 10.5 Å². The van der Waals surface area contributed by atoms with E-state index in [0.29, 0.717) is 27.9 Å². The van der Waals surface area contributed by atoms with Crippen LogP contribution in [-0.4, -0.2) is 16.5 Å². The van der Waals surface area contributed by atoms with Gasteiger partial charge in [0.1, 0.15) is 17.3 Å². The van der Waals surface area contributed by atoms with Crippen molar-refractivity contribution in [1.29, 1.82) is 0 Å². The third-order valence-electron chi connectivity index (χ3n) is 3.05. The maximum Gasteiger partial charge on any atom is 0.181 e. The highest BCUT2D eigenvalue weighted by Gasteiger charge is 2.17. The predicted octanol–water partition coefficient (Wildman–Crippen LogP) is 3.38. The van der Waals surface area contributed by atoms with Gasteiger partial charge in [-0.1, -0.05) is 11.6 Å². The van der Waals surface area contributed by atoms with E-state index in [-0.39, 0.29) is 5.56 Å². The van der Waals surface area contributed by atoms with Crippen LogP contribution in [0.2, 0.25) is 5.02 Å². The monoisotopic (exact) mass is 291 g/mol. The summed E-state index contributed by atoms with van der Waals surface area (Å²) in [6.07, 6.45) is 1.74. The fourth-order valence-corrected chi connectivity index (χ4v) is 2.27. The second kappa shape index (κ2) is 4.68. The lowest BCUT2D eigenvalue weighted by atomic mass is 10.1. The molecule has 2 N–H and O–H groups in total. The molecule has 0 saturated carbocycles. The number of hydrogen-bond donors (Lipinski definition) is 1. The van der Waals surface area contributed by atoms with E-state index in [4.69, 9.17) is 22.1 Å². The normalized spacial score (nSPS) is 10.9. The molecule has 0 atom stereocenters. The van der Waals surface area contributed by atoms with Crippen LogP contribution in [-0.2, 0) is 0 Å². The molecule has 3 aromatic rings. The number of halogens is 2. The summed E-state index contributed by atoms with van der Waals surface area (Å²) in [6.45, 7) is 0. The molecule has 0 bridgehead atoms. The number of nitrogens with two attached hydrogens (primary N) is 1. The fourth-order valence-electron chi connectivity index (χ4n) is 2.10. The van der Waals surface area contributed by atoms with Crippen molar-refractivity contribution in [2.75, 3.05) is 12.8 Å². The van der Waals surface area contributed by atoms with Crippen molar-refractivity contribution in [2.24, 2.45) is 0 Å². The minimum absolute atomic E-state index is 0.265. The van der Waals surface area contributed by atoms with E-state index in [1.54, 1.807) is 29.8 Å². The van der Waals surface area contributed by atoms with Gasteiger partial charge in [0.15, 0.2) is 11.4 Å². The van der Waals surface area contributed by atoms with Crippen molar-refractivity contribution >= 4 is 23.1 Å². The van der Waals surface area contributed by atoms with Gasteiger partial charge in [0.05, 0.1) is 7.11 Å². The number of fused-ring (bicyclic) bond motifs is 1. The number of imidazole rings is 1. The summed E-state index contributed by atoms with van der Waals surface area (Å²) in [4.78, 5) is 4.37. The number of benzene rings is 1. The Kier molecular flexibility index (Phi) is 2.99. The van der Waals surface area contributed by atoms with Crippen molar-refractivity contribution < 1.29 is 9.13 Å². The zero-order valence-electron chi connectivity index (χ0n) is 10.6. The Morgan fingerprint density at radius 1 is 1.35 bits per heavy atom. The largest absolute Gasteiger partial charge is 0.493 e. The molecule has 0 aliphatic rings. The van der Waals surface area contributed by atoms with Crippen LogP contribution in [0.15, 0.2) is 36.5 Å². The van der Waals surface area contributed by atoms with Crippen LogP contribution in [0.3, 0.4) is 0 Å². The zero-order valence-corrected chi connectivity index (χ0v) is 11.4. The lowest BCUT2D eigenvalue weighted by molar-refractivity contribution is 0.417. The topological polar surface area (TPSA) is 52.5 Å². The number of nitrogen functional groups attached to an aromatic ring is 1. The first-order chi connectivity index (χ1) is 9.61. The smallest absolute Gasteiger partial charge is 0.181 e. The molecule has 0 fully saturated rings. The minimum atomic E-state index is -0.427. The molecule has 0 unspecified atom stereocenters. The molecule has 2 heterocycles. The van der Waals surface area contributed by atoms with Crippen molar-refractivity contribution in [3.05, 3.63) is 47.4 Å². The highest BCUT2D eigenvalue weighted by molar-refractivity contribution is 6.30. The summed E-state index contributed by atoms with van der Waals surface area (Å²) in [5, 5.41) is 0.421. The molecule has 0 radical (unpaired) electrons. The van der Waals surface area contributed by atoms with Gasteiger partial charge in [0.25, 0.3) is 0 Å². The molecule has 0 aliphatic carbocycles. The van der Waals surface area contributed by atoms with Crippen LogP contribution in [0.4, 0.5) is 10.2 Å². The average Bonchev–Trinajstić information content (AvgIpc) is 2.79. The second-order valence-electron chi connectivity index (χ2n) is 4.24. The Labute approximate surface area is 119 Å². The van der Waals surface area contributed by atoms with E-state index in [1.807, 2.05) is 0 Å². The third-order valence-corrected chi connectivity index (χ3v) is 3.29. The first-order valence-electron chi connectivity index (χ1n) is 5.88. The van der Waals surface area contributed by atoms with Gasteiger partial charge in [0, 0.05) is 16.8 Å². The highest BCUT2D eigenvalue weighted by atomic mass is 35.5. The molecule has 4 nitrogen and oxygen atoms in total. The van der Waals surface area contributed by atoms with Crippen LogP contribution in [0, 0.1) is 5.82 Å². The highest BCUT2D eigenvalue weighted by Crippen LogP contribution is 2.32. The Balaban J connectivity index is 2.32. The molecule has 6 heteroatoms. The summed E-state index contributed by atoms with van der Waals surface area (Å²) in [5.41, 5.74) is 7.18. The molecule has 0 amide bonds. The Bertz CT molecular complexity index is 800. The number of hydrogen-bond acceptors (Lipinski definition) is 3. The van der Waals surface area contributed by atoms with Crippen molar-refractivity contribution in [1.82, 2.24) is 9.38 Å². The molecule has 0 spiro atoms. The van der Waals surface area contributed by atoms with Crippen LogP contribution in [0.1, 0.15) is 0 Å². The van der Waals surface area contributed by atoms with E-state index >= 15 is 0 Å². The van der Waals surface area contributed by atoms with E-state index in [0.717, 1.165) is 0 Å². The summed E-state index contributed by atoms with van der Waals surface area (Å²) in [5.74, 6) is 0.469. The lowest BCUT2D eigenvalue weighted by Crippen LogP contribution is -1.95. The Morgan fingerprint density at radius 3 is 2.90 bits per heavy atom. The summed E-state index contributed by atoms with van der Waals surface area (Å²) < 4.78 is 20.8. The van der Waals surface area contributed by atoms with Gasteiger partial charge in [0.2, 0.25) is 0 Å². The number of rotatable bonds is 2.